The molecule has 0 bridgehead atoms. The van der Waals surface area contributed by atoms with Crippen molar-refractivity contribution in [2.24, 2.45) is 5.92 Å². The number of hydrogen-bond donors (Lipinski definition) is 0. The third kappa shape index (κ3) is 3.90. The van der Waals surface area contributed by atoms with Crippen LogP contribution < -0.4 is 0 Å². The summed E-state index contributed by atoms with van der Waals surface area (Å²) < 4.78 is 4.44. The molecule has 0 aromatic carbocycles. The molecular formula is C7H11NO2. The van der Waals surface area contributed by atoms with Gasteiger partial charge in [-0.05, 0) is 6.42 Å². The monoisotopic (exact) mass is 141 g/mol. The highest BCUT2D eigenvalue weighted by Gasteiger charge is 2.04. The molecular weight excluding hydrogens is 130 g/mol. The molecule has 0 aliphatic rings. The molecule has 0 aromatic heterocycles. The lowest BCUT2D eigenvalue weighted by Gasteiger charge is -2.03. The summed E-state index contributed by atoms with van der Waals surface area (Å²) in [5, 5.41) is 8.44. The number of ether oxygens (including phenoxy) is 1. The number of rotatable bonds is 5. The van der Waals surface area contributed by atoms with E-state index in [4.69, 9.17) is 5.26 Å². The third-order valence-electron chi connectivity index (χ3n) is 1.19. The fourth-order valence-electron chi connectivity index (χ4n) is 0.689. The SMILES string of the molecule is CCCC(C#N)COC=O. The standard InChI is InChI=1S/C7H11NO2/c1-2-3-7(4-8)5-10-6-9/h6-7H,2-3,5H2,1H3. The average molecular weight is 141 g/mol. The highest BCUT2D eigenvalue weighted by atomic mass is 16.5. The molecule has 0 saturated carbocycles. The zero-order chi connectivity index (χ0) is 7.82. The van der Waals surface area contributed by atoms with Crippen LogP contribution in [-0.2, 0) is 9.53 Å². The quantitative estimate of drug-likeness (QED) is 0.538. The average Bonchev–Trinajstić information content (AvgIpc) is 1.98. The van der Waals surface area contributed by atoms with Gasteiger partial charge in [0.05, 0.1) is 12.0 Å². The van der Waals surface area contributed by atoms with Crippen LogP contribution in [0.2, 0.25) is 0 Å². The highest BCUT2D eigenvalue weighted by Crippen LogP contribution is 2.03. The summed E-state index contributed by atoms with van der Waals surface area (Å²) in [6, 6.07) is 2.05. The van der Waals surface area contributed by atoms with E-state index in [9.17, 15) is 4.79 Å². The zero-order valence-corrected chi connectivity index (χ0v) is 6.04. The fourth-order valence-corrected chi connectivity index (χ4v) is 0.689. The third-order valence-corrected chi connectivity index (χ3v) is 1.19. The van der Waals surface area contributed by atoms with Gasteiger partial charge in [0.25, 0.3) is 6.47 Å². The van der Waals surface area contributed by atoms with Crippen molar-refractivity contribution in [2.45, 2.75) is 19.8 Å². The zero-order valence-electron chi connectivity index (χ0n) is 6.04. The smallest absolute Gasteiger partial charge is 0.293 e. The molecule has 0 spiro atoms. The summed E-state index contributed by atoms with van der Waals surface area (Å²) in [6.45, 7) is 2.60. The molecule has 1 atom stereocenters. The number of carbonyl (C=O) groups excluding carboxylic acids is 1. The van der Waals surface area contributed by atoms with Gasteiger partial charge in [0, 0.05) is 0 Å². The predicted octanol–water partition coefficient (Wildman–Crippen LogP) is 1.10. The first-order valence-corrected chi connectivity index (χ1v) is 3.30. The largest absolute Gasteiger partial charge is 0.467 e. The second-order valence-electron chi connectivity index (χ2n) is 2.04. The topological polar surface area (TPSA) is 50.1 Å². The molecule has 10 heavy (non-hydrogen) atoms. The number of carbonyl (C=O) groups is 1. The Morgan fingerprint density at radius 2 is 2.50 bits per heavy atom. The van der Waals surface area contributed by atoms with E-state index in [0.29, 0.717) is 6.47 Å². The van der Waals surface area contributed by atoms with E-state index in [0.717, 1.165) is 12.8 Å². The van der Waals surface area contributed by atoms with E-state index in [1.807, 2.05) is 6.92 Å². The van der Waals surface area contributed by atoms with Crippen LogP contribution in [0.3, 0.4) is 0 Å². The Labute approximate surface area is 60.6 Å². The molecule has 3 nitrogen and oxygen atoms in total. The molecule has 3 heteroatoms. The van der Waals surface area contributed by atoms with Gasteiger partial charge in [-0.15, -0.1) is 0 Å². The molecule has 0 saturated heterocycles. The van der Waals surface area contributed by atoms with Crippen LogP contribution in [0.1, 0.15) is 19.8 Å². The molecule has 56 valence electrons. The minimum Gasteiger partial charge on any atom is -0.467 e. The lowest BCUT2D eigenvalue weighted by Crippen LogP contribution is -2.05. The maximum absolute atomic E-state index is 9.70. The van der Waals surface area contributed by atoms with Crippen molar-refractivity contribution in [1.82, 2.24) is 0 Å². The Morgan fingerprint density at radius 1 is 1.80 bits per heavy atom. The van der Waals surface area contributed by atoms with Gasteiger partial charge in [-0.1, -0.05) is 13.3 Å². The highest BCUT2D eigenvalue weighted by molar-refractivity contribution is 5.36. The van der Waals surface area contributed by atoms with Gasteiger partial charge in [-0.25, -0.2) is 0 Å². The first kappa shape index (κ1) is 8.96. The van der Waals surface area contributed by atoms with Crippen LogP contribution in [0.5, 0.6) is 0 Å². The van der Waals surface area contributed by atoms with E-state index in [-0.39, 0.29) is 12.5 Å². The van der Waals surface area contributed by atoms with Crippen LogP contribution >= 0.6 is 0 Å². The Kier molecular flexibility index (Phi) is 5.45. The molecule has 0 fully saturated rings. The molecule has 0 aromatic rings. The van der Waals surface area contributed by atoms with Crippen LogP contribution in [0.25, 0.3) is 0 Å². The van der Waals surface area contributed by atoms with Crippen LogP contribution in [0, 0.1) is 17.2 Å². The van der Waals surface area contributed by atoms with Crippen molar-refractivity contribution in [3.8, 4) is 6.07 Å². The first-order chi connectivity index (χ1) is 4.85. The number of nitrogens with zero attached hydrogens (tertiary/aromatic N) is 1. The van der Waals surface area contributed by atoms with Gasteiger partial charge >= 0.3 is 0 Å². The molecule has 0 heterocycles. The number of nitriles is 1. The lowest BCUT2D eigenvalue weighted by atomic mass is 10.1. The minimum absolute atomic E-state index is 0.129. The van der Waals surface area contributed by atoms with Gasteiger partial charge in [-0.3, -0.25) is 4.79 Å². The number of hydrogen-bond acceptors (Lipinski definition) is 3. The molecule has 0 radical (unpaired) electrons. The van der Waals surface area contributed by atoms with Crippen molar-refractivity contribution < 1.29 is 9.53 Å². The summed E-state index contributed by atoms with van der Waals surface area (Å²) >= 11 is 0. The minimum atomic E-state index is -0.129. The van der Waals surface area contributed by atoms with Crippen molar-refractivity contribution in [1.29, 1.82) is 5.26 Å². The van der Waals surface area contributed by atoms with Gasteiger partial charge < -0.3 is 4.74 Å². The summed E-state index contributed by atoms with van der Waals surface area (Å²) in [5.74, 6) is -0.129. The van der Waals surface area contributed by atoms with Gasteiger partial charge in [-0.2, -0.15) is 5.26 Å². The van der Waals surface area contributed by atoms with Crippen LogP contribution in [-0.4, -0.2) is 13.1 Å². The summed E-state index contributed by atoms with van der Waals surface area (Å²) in [6.07, 6.45) is 1.74. The molecule has 0 amide bonds. The second kappa shape index (κ2) is 6.09. The van der Waals surface area contributed by atoms with E-state index >= 15 is 0 Å². The van der Waals surface area contributed by atoms with E-state index in [1.54, 1.807) is 0 Å². The summed E-state index contributed by atoms with van der Waals surface area (Å²) in [4.78, 5) is 9.70. The molecule has 0 aliphatic carbocycles. The van der Waals surface area contributed by atoms with Crippen molar-refractivity contribution in [3.63, 3.8) is 0 Å². The molecule has 0 N–H and O–H groups in total. The fraction of sp³-hybridized carbons (Fsp3) is 0.714. The Morgan fingerprint density at radius 3 is 2.90 bits per heavy atom. The first-order valence-electron chi connectivity index (χ1n) is 3.30. The second-order valence-corrected chi connectivity index (χ2v) is 2.04. The van der Waals surface area contributed by atoms with Gasteiger partial charge in [0.2, 0.25) is 0 Å². The predicted molar refractivity (Wildman–Crippen MR) is 36.0 cm³/mol. The Bertz CT molecular complexity index is 128. The van der Waals surface area contributed by atoms with Crippen LogP contribution in [0.15, 0.2) is 0 Å². The van der Waals surface area contributed by atoms with Gasteiger partial charge in [0.1, 0.15) is 6.61 Å². The lowest BCUT2D eigenvalue weighted by molar-refractivity contribution is -0.129. The normalized spacial score (nSPS) is 11.6. The molecule has 0 aliphatic heterocycles. The summed E-state index contributed by atoms with van der Waals surface area (Å²) in [5.41, 5.74) is 0. The molecule has 0 rings (SSSR count). The van der Waals surface area contributed by atoms with Crippen molar-refractivity contribution in [3.05, 3.63) is 0 Å². The van der Waals surface area contributed by atoms with E-state index in [2.05, 4.69) is 10.8 Å². The Balaban J connectivity index is 3.41. The Hall–Kier alpha value is -1.04. The van der Waals surface area contributed by atoms with Crippen molar-refractivity contribution >= 4 is 6.47 Å². The maximum atomic E-state index is 9.70. The van der Waals surface area contributed by atoms with Gasteiger partial charge in [0.15, 0.2) is 0 Å². The summed E-state index contributed by atoms with van der Waals surface area (Å²) in [7, 11) is 0. The maximum Gasteiger partial charge on any atom is 0.293 e. The van der Waals surface area contributed by atoms with Crippen LogP contribution in [0.4, 0.5) is 0 Å². The van der Waals surface area contributed by atoms with E-state index < -0.39 is 0 Å². The van der Waals surface area contributed by atoms with Crippen molar-refractivity contribution in [2.75, 3.05) is 6.61 Å². The molecule has 1 unspecified atom stereocenters. The van der Waals surface area contributed by atoms with E-state index in [1.165, 1.54) is 0 Å².